The molecule has 9 nitrogen and oxygen atoms in total. The molecule has 1 amide bonds. The second-order valence-corrected chi connectivity index (χ2v) is 11.6. The topological polar surface area (TPSA) is 129 Å². The van der Waals surface area contributed by atoms with Gasteiger partial charge in [0, 0.05) is 30.1 Å². The number of hydrogen-bond acceptors (Lipinski definition) is 7. The highest BCUT2D eigenvalue weighted by molar-refractivity contribution is 6.33. The Bertz CT molecular complexity index is 1210. The van der Waals surface area contributed by atoms with E-state index in [2.05, 4.69) is 10.2 Å². The largest absolute Gasteiger partial charge is 0.496 e. The van der Waals surface area contributed by atoms with E-state index in [0.717, 1.165) is 56.9 Å². The van der Waals surface area contributed by atoms with Gasteiger partial charge in [0.15, 0.2) is 5.60 Å². The monoisotopic (exact) mass is 588 g/mol. The fourth-order valence-electron chi connectivity index (χ4n) is 6.50. The van der Waals surface area contributed by atoms with Gasteiger partial charge in [-0.3, -0.25) is 5.32 Å². The van der Waals surface area contributed by atoms with Gasteiger partial charge in [0.05, 0.1) is 24.4 Å². The molecule has 41 heavy (non-hydrogen) atoms. The van der Waals surface area contributed by atoms with Gasteiger partial charge in [0.2, 0.25) is 0 Å². The first-order valence-electron chi connectivity index (χ1n) is 14.3. The zero-order chi connectivity index (χ0) is 29.6. The number of nitrogens with one attached hydrogen (secondary N) is 1. The number of carbonyl (C=O) groups excluding carboxylic acids is 1. The fourth-order valence-corrected chi connectivity index (χ4v) is 6.73. The van der Waals surface area contributed by atoms with Crippen LogP contribution < -0.4 is 10.1 Å². The number of carboxylic acid groups (broad SMARTS) is 1. The molecule has 0 radical (unpaired) electrons. The third-order valence-electron chi connectivity index (χ3n) is 8.86. The zero-order valence-corrected chi connectivity index (χ0v) is 24.5. The molecule has 4 N–H and O–H groups in total. The number of carboxylic acids is 1. The van der Waals surface area contributed by atoms with Gasteiger partial charge in [-0.25, -0.2) is 9.59 Å². The van der Waals surface area contributed by atoms with Gasteiger partial charge < -0.3 is 29.7 Å². The highest BCUT2D eigenvalue weighted by Crippen LogP contribution is 2.45. The van der Waals surface area contributed by atoms with Crippen LogP contribution in [0.1, 0.15) is 74.0 Å². The van der Waals surface area contributed by atoms with Crippen molar-refractivity contribution >= 4 is 29.4 Å². The van der Waals surface area contributed by atoms with E-state index in [4.69, 9.17) is 21.1 Å². The highest BCUT2D eigenvalue weighted by Gasteiger charge is 2.48. The molecule has 0 bridgehead atoms. The van der Waals surface area contributed by atoms with Crippen LogP contribution in [0.2, 0.25) is 5.02 Å². The molecule has 2 aromatic carbocycles. The average Bonchev–Trinajstić information content (AvgIpc) is 3.53. The van der Waals surface area contributed by atoms with Crippen LogP contribution >= 0.6 is 11.6 Å². The number of ether oxygens (including phenoxy) is 2. The number of hydrogen-bond donors (Lipinski definition) is 4. The third-order valence-corrected chi connectivity index (χ3v) is 9.17. The molecule has 1 atom stereocenters. The summed E-state index contributed by atoms with van der Waals surface area (Å²) in [6.45, 7) is 0.515. The van der Waals surface area contributed by atoms with E-state index in [1.54, 1.807) is 12.1 Å². The second kappa shape index (κ2) is 13.9. The van der Waals surface area contributed by atoms with Crippen LogP contribution in [0, 0.1) is 5.92 Å². The van der Waals surface area contributed by atoms with E-state index >= 15 is 0 Å². The fraction of sp³-hybridized carbons (Fsp3) is 0.548. The molecule has 2 aromatic rings. The maximum absolute atomic E-state index is 12.4. The minimum Gasteiger partial charge on any atom is -0.496 e. The summed E-state index contributed by atoms with van der Waals surface area (Å²) in [5.41, 5.74) is 0.504. The van der Waals surface area contributed by atoms with Crippen molar-refractivity contribution in [2.24, 2.45) is 5.92 Å². The Morgan fingerprint density at radius 1 is 1.10 bits per heavy atom. The highest BCUT2D eigenvalue weighted by atomic mass is 35.5. The molecule has 0 spiro atoms. The summed E-state index contributed by atoms with van der Waals surface area (Å²) in [5, 5.41) is 34.0. The summed E-state index contributed by atoms with van der Waals surface area (Å²) < 4.78 is 10.6. The van der Waals surface area contributed by atoms with Crippen molar-refractivity contribution in [3.63, 3.8) is 0 Å². The third kappa shape index (κ3) is 6.97. The summed E-state index contributed by atoms with van der Waals surface area (Å²) in [6.07, 6.45) is 6.34. The summed E-state index contributed by atoms with van der Waals surface area (Å²) in [6, 6.07) is 10.9. The van der Waals surface area contributed by atoms with Crippen molar-refractivity contribution in [3.8, 4) is 5.75 Å². The van der Waals surface area contributed by atoms with Gasteiger partial charge in [-0.15, -0.1) is 0 Å². The van der Waals surface area contributed by atoms with E-state index in [1.807, 2.05) is 25.2 Å². The van der Waals surface area contributed by atoms with E-state index in [9.17, 15) is 24.9 Å². The lowest BCUT2D eigenvalue weighted by Gasteiger charge is -2.38. The van der Waals surface area contributed by atoms with E-state index in [-0.39, 0.29) is 30.1 Å². The number of likely N-dealkylation sites (N-methyl/N-ethyl adjacent to an activating group) is 1. The first-order valence-corrected chi connectivity index (χ1v) is 14.7. The molecular formula is C31H41ClN2O7. The molecule has 2 aliphatic carbocycles. The molecule has 2 aliphatic rings. The molecular weight excluding hydrogens is 548 g/mol. The Hall–Kier alpha value is -2.85. The van der Waals surface area contributed by atoms with Crippen LogP contribution in [0.5, 0.6) is 5.75 Å². The standard InChI is InChI=1S/C31H41ClN2O7/c1-34(15-16-41-30(38)33-27-18-28(40-2)21(19-35)17-26(27)32)23-13-11-20(12-14-23)24-9-5-6-10-25(24)31(39,29(36)37)22-7-3-4-8-22/h5-6,9-10,17-18,20,22-23,35,39H,3-4,7-8,11-16,19H2,1-2H3,(H,33,38)(H,36,37)/t20?,23?,31-/m1/s1. The lowest BCUT2D eigenvalue weighted by Crippen LogP contribution is -2.43. The smallest absolute Gasteiger partial charge is 0.411 e. The number of aliphatic hydroxyl groups is 2. The summed E-state index contributed by atoms with van der Waals surface area (Å²) in [5.74, 6) is -0.822. The lowest BCUT2D eigenvalue weighted by atomic mass is 9.73. The van der Waals surface area contributed by atoms with Crippen molar-refractivity contribution in [1.82, 2.24) is 4.90 Å². The van der Waals surface area contributed by atoms with Crippen molar-refractivity contribution in [1.29, 1.82) is 0 Å². The van der Waals surface area contributed by atoms with Crippen molar-refractivity contribution in [2.45, 2.75) is 75.5 Å². The number of rotatable bonds is 11. The van der Waals surface area contributed by atoms with Crippen LogP contribution in [0.4, 0.5) is 10.5 Å². The molecule has 0 heterocycles. The van der Waals surface area contributed by atoms with Crippen LogP contribution in [-0.4, -0.2) is 65.6 Å². The first kappa shape index (κ1) is 31.1. The van der Waals surface area contributed by atoms with E-state index in [0.29, 0.717) is 35.2 Å². The van der Waals surface area contributed by atoms with E-state index < -0.39 is 17.7 Å². The van der Waals surface area contributed by atoms with Gasteiger partial charge in [-0.2, -0.15) is 0 Å². The molecule has 2 fully saturated rings. The molecule has 224 valence electrons. The zero-order valence-electron chi connectivity index (χ0n) is 23.8. The Kier molecular flexibility index (Phi) is 10.5. The van der Waals surface area contributed by atoms with Crippen LogP contribution in [-0.2, 0) is 21.7 Å². The predicted octanol–water partition coefficient (Wildman–Crippen LogP) is 5.51. The van der Waals surface area contributed by atoms with Crippen LogP contribution in [0.25, 0.3) is 0 Å². The molecule has 0 saturated heterocycles. The molecule has 4 rings (SSSR count). The Labute approximate surface area is 246 Å². The second-order valence-electron chi connectivity index (χ2n) is 11.2. The van der Waals surface area contributed by atoms with Gasteiger partial charge >= 0.3 is 12.1 Å². The molecule has 2 saturated carbocycles. The Morgan fingerprint density at radius 2 is 1.78 bits per heavy atom. The predicted molar refractivity (Wildman–Crippen MR) is 156 cm³/mol. The van der Waals surface area contributed by atoms with Crippen molar-refractivity contribution < 1.29 is 34.4 Å². The van der Waals surface area contributed by atoms with E-state index in [1.165, 1.54) is 13.2 Å². The quantitative estimate of drug-likeness (QED) is 0.270. The van der Waals surface area contributed by atoms with Crippen LogP contribution in [0.3, 0.4) is 0 Å². The normalized spacial score (nSPS) is 20.9. The summed E-state index contributed by atoms with van der Waals surface area (Å²) in [4.78, 5) is 26.9. The minimum absolute atomic E-state index is 0.184. The maximum Gasteiger partial charge on any atom is 0.411 e. The molecule has 10 heteroatoms. The number of methoxy groups -OCH3 is 1. The van der Waals surface area contributed by atoms with Gasteiger partial charge in [-0.1, -0.05) is 48.7 Å². The average molecular weight is 589 g/mol. The minimum atomic E-state index is -1.85. The number of halogens is 1. The van der Waals surface area contributed by atoms with Gasteiger partial charge in [0.25, 0.3) is 0 Å². The number of benzene rings is 2. The van der Waals surface area contributed by atoms with Crippen LogP contribution in [0.15, 0.2) is 36.4 Å². The van der Waals surface area contributed by atoms with Gasteiger partial charge in [0.1, 0.15) is 12.4 Å². The number of amides is 1. The molecule has 0 aromatic heterocycles. The maximum atomic E-state index is 12.4. The number of carbonyl (C=O) groups is 2. The lowest BCUT2D eigenvalue weighted by molar-refractivity contribution is -0.166. The number of anilines is 1. The van der Waals surface area contributed by atoms with Crippen molar-refractivity contribution in [2.75, 3.05) is 32.6 Å². The first-order chi connectivity index (χ1) is 19.7. The molecule has 0 unspecified atom stereocenters. The number of aliphatic carboxylic acids is 1. The SMILES string of the molecule is COc1cc(NC(=O)OCCN(C)C2CCC(c3ccccc3[C@@](O)(C(=O)O)C3CCCC3)CC2)c(Cl)cc1CO. The summed E-state index contributed by atoms with van der Waals surface area (Å²) >= 11 is 6.22. The Balaban J connectivity index is 1.30. The number of nitrogens with zero attached hydrogens (tertiary/aromatic N) is 1. The summed E-state index contributed by atoms with van der Waals surface area (Å²) in [7, 11) is 3.48. The van der Waals surface area contributed by atoms with Gasteiger partial charge in [-0.05, 0) is 68.7 Å². The number of aliphatic hydroxyl groups excluding tert-OH is 1. The molecule has 0 aliphatic heterocycles. The Morgan fingerprint density at radius 3 is 2.41 bits per heavy atom. The van der Waals surface area contributed by atoms with Crippen molar-refractivity contribution in [3.05, 3.63) is 58.1 Å².